The number of carbonyl (C=O) groups excluding carboxylic acids is 2. The van der Waals surface area contributed by atoms with Crippen LogP contribution < -0.4 is 15.1 Å². The number of rotatable bonds is 4. The molecule has 3 heterocycles. The highest BCUT2D eigenvalue weighted by molar-refractivity contribution is 7.09. The van der Waals surface area contributed by atoms with Gasteiger partial charge in [-0.1, -0.05) is 30.3 Å². The molecule has 1 fully saturated rings. The fourth-order valence-electron chi connectivity index (χ4n) is 3.17. The second-order valence-electron chi connectivity index (χ2n) is 7.15. The lowest BCUT2D eigenvalue weighted by molar-refractivity contribution is -0.116. The SMILES string of the molecule is CC(=O)N(C)c1ccc(NC(=O)N2CCN(c3nc(-c4ccccc4)ns3)CC2)cn1. The summed E-state index contributed by atoms with van der Waals surface area (Å²) in [5, 5.41) is 3.73. The van der Waals surface area contributed by atoms with Crippen molar-refractivity contribution in [3.8, 4) is 11.4 Å². The van der Waals surface area contributed by atoms with Crippen LogP contribution in [-0.2, 0) is 4.79 Å². The van der Waals surface area contributed by atoms with Gasteiger partial charge in [-0.05, 0) is 12.1 Å². The summed E-state index contributed by atoms with van der Waals surface area (Å²) >= 11 is 1.38. The molecule has 3 aromatic rings. The minimum Gasteiger partial charge on any atom is -0.343 e. The molecule has 0 spiro atoms. The maximum absolute atomic E-state index is 12.6. The van der Waals surface area contributed by atoms with Crippen LogP contribution in [0.2, 0.25) is 0 Å². The van der Waals surface area contributed by atoms with Gasteiger partial charge < -0.3 is 20.0 Å². The highest BCUT2D eigenvalue weighted by Crippen LogP contribution is 2.24. The Morgan fingerprint density at radius 1 is 1.06 bits per heavy atom. The smallest absolute Gasteiger partial charge is 0.322 e. The lowest BCUT2D eigenvalue weighted by Gasteiger charge is -2.34. The minimum atomic E-state index is -0.170. The topological polar surface area (TPSA) is 94.6 Å². The molecule has 0 saturated carbocycles. The van der Waals surface area contributed by atoms with E-state index in [4.69, 9.17) is 0 Å². The van der Waals surface area contributed by atoms with Gasteiger partial charge in [0, 0.05) is 57.2 Å². The number of urea groups is 1. The van der Waals surface area contributed by atoms with Crippen molar-refractivity contribution in [3.05, 3.63) is 48.7 Å². The van der Waals surface area contributed by atoms with E-state index in [9.17, 15) is 9.59 Å². The Kier molecular flexibility index (Phi) is 6.08. The first kappa shape index (κ1) is 20.7. The molecule has 31 heavy (non-hydrogen) atoms. The fourth-order valence-corrected chi connectivity index (χ4v) is 3.91. The van der Waals surface area contributed by atoms with Crippen LogP contribution in [0.25, 0.3) is 11.4 Å². The van der Waals surface area contributed by atoms with Gasteiger partial charge in [0.1, 0.15) is 5.82 Å². The average molecular weight is 438 g/mol. The Balaban J connectivity index is 1.31. The molecule has 1 N–H and O–H groups in total. The van der Waals surface area contributed by atoms with E-state index in [1.54, 1.807) is 30.3 Å². The molecule has 0 aliphatic carbocycles. The van der Waals surface area contributed by atoms with Crippen molar-refractivity contribution in [2.24, 2.45) is 0 Å². The van der Waals surface area contributed by atoms with Gasteiger partial charge in [0.05, 0.1) is 11.9 Å². The van der Waals surface area contributed by atoms with Crippen molar-refractivity contribution in [3.63, 3.8) is 0 Å². The van der Waals surface area contributed by atoms with Crippen LogP contribution >= 0.6 is 11.5 Å². The Labute approximate surface area is 184 Å². The summed E-state index contributed by atoms with van der Waals surface area (Å²) in [6, 6.07) is 13.2. The number of hydrogen-bond donors (Lipinski definition) is 1. The Hall–Kier alpha value is -3.53. The molecular formula is C21H23N7O2S. The number of carbonyl (C=O) groups is 2. The largest absolute Gasteiger partial charge is 0.343 e. The van der Waals surface area contributed by atoms with E-state index in [1.807, 2.05) is 30.3 Å². The molecule has 0 bridgehead atoms. The van der Waals surface area contributed by atoms with Crippen molar-refractivity contribution >= 4 is 40.1 Å². The van der Waals surface area contributed by atoms with Gasteiger partial charge in [-0.15, -0.1) is 0 Å². The predicted octanol–water partition coefficient (Wildman–Crippen LogP) is 2.94. The Bertz CT molecular complexity index is 1050. The maximum Gasteiger partial charge on any atom is 0.322 e. The molecule has 1 saturated heterocycles. The van der Waals surface area contributed by atoms with Crippen molar-refractivity contribution < 1.29 is 9.59 Å². The molecule has 1 aromatic carbocycles. The van der Waals surface area contributed by atoms with Crippen LogP contribution in [0.5, 0.6) is 0 Å². The number of benzene rings is 1. The molecule has 0 unspecified atom stereocenters. The third-order valence-corrected chi connectivity index (χ3v) is 5.88. The molecule has 1 aliphatic heterocycles. The van der Waals surface area contributed by atoms with Crippen molar-refractivity contribution in [1.29, 1.82) is 0 Å². The highest BCUT2D eigenvalue weighted by atomic mass is 32.1. The standard InChI is InChI=1S/C21H23N7O2S/c1-15(29)26(2)18-9-8-17(14-22-18)23-20(30)27-10-12-28(13-11-27)21-24-19(25-31-21)16-6-4-3-5-7-16/h3-9,14H,10-13H2,1-2H3,(H,23,30). The number of nitrogens with one attached hydrogen (secondary N) is 1. The van der Waals surface area contributed by atoms with Crippen LogP contribution in [-0.4, -0.2) is 64.4 Å². The predicted molar refractivity (Wildman–Crippen MR) is 121 cm³/mol. The minimum absolute atomic E-state index is 0.103. The first-order valence-corrected chi connectivity index (χ1v) is 10.7. The van der Waals surface area contributed by atoms with Crippen molar-refractivity contribution in [2.45, 2.75) is 6.92 Å². The molecule has 0 radical (unpaired) electrons. The zero-order chi connectivity index (χ0) is 21.8. The molecular weight excluding hydrogens is 414 g/mol. The quantitative estimate of drug-likeness (QED) is 0.674. The number of piperazine rings is 1. The summed E-state index contributed by atoms with van der Waals surface area (Å²) in [4.78, 5) is 38.3. The monoisotopic (exact) mass is 437 g/mol. The lowest BCUT2D eigenvalue weighted by atomic mass is 10.2. The number of anilines is 3. The van der Waals surface area contributed by atoms with Crippen molar-refractivity contribution in [2.75, 3.05) is 48.3 Å². The number of pyridine rings is 1. The second kappa shape index (κ2) is 9.09. The summed E-state index contributed by atoms with van der Waals surface area (Å²) in [5.74, 6) is 1.16. The lowest BCUT2D eigenvalue weighted by Crippen LogP contribution is -2.50. The van der Waals surface area contributed by atoms with Crippen LogP contribution in [0.3, 0.4) is 0 Å². The number of hydrogen-bond acceptors (Lipinski definition) is 7. The zero-order valence-corrected chi connectivity index (χ0v) is 18.2. The van der Waals surface area contributed by atoms with E-state index in [0.717, 1.165) is 16.5 Å². The van der Waals surface area contributed by atoms with Crippen molar-refractivity contribution in [1.82, 2.24) is 19.2 Å². The molecule has 0 atom stereocenters. The first-order valence-electron chi connectivity index (χ1n) is 9.91. The summed E-state index contributed by atoms with van der Waals surface area (Å²) in [7, 11) is 1.66. The summed E-state index contributed by atoms with van der Waals surface area (Å²) < 4.78 is 4.47. The van der Waals surface area contributed by atoms with Gasteiger partial charge >= 0.3 is 6.03 Å². The third kappa shape index (κ3) is 4.80. The molecule has 160 valence electrons. The van der Waals surface area contributed by atoms with Gasteiger partial charge in [-0.25, -0.2) is 9.78 Å². The van der Waals surface area contributed by atoms with E-state index in [2.05, 4.69) is 24.6 Å². The number of nitrogens with zero attached hydrogens (tertiary/aromatic N) is 6. The normalized spacial score (nSPS) is 13.7. The molecule has 9 nitrogen and oxygen atoms in total. The zero-order valence-electron chi connectivity index (χ0n) is 17.4. The third-order valence-electron chi connectivity index (χ3n) is 5.10. The van der Waals surface area contributed by atoms with E-state index in [0.29, 0.717) is 37.7 Å². The Morgan fingerprint density at radius 3 is 2.45 bits per heavy atom. The summed E-state index contributed by atoms with van der Waals surface area (Å²) in [6.45, 7) is 4.03. The van der Waals surface area contributed by atoms with Gasteiger partial charge in [-0.2, -0.15) is 9.36 Å². The molecule has 10 heteroatoms. The molecule has 4 rings (SSSR count). The van der Waals surface area contributed by atoms with Crippen LogP contribution in [0.1, 0.15) is 6.92 Å². The van der Waals surface area contributed by atoms with Gasteiger partial charge in [0.25, 0.3) is 0 Å². The number of aromatic nitrogens is 3. The maximum atomic E-state index is 12.6. The van der Waals surface area contributed by atoms with Crippen LogP contribution in [0.15, 0.2) is 48.7 Å². The first-order chi connectivity index (χ1) is 15.0. The summed E-state index contributed by atoms with van der Waals surface area (Å²) in [6.07, 6.45) is 1.55. The molecule has 2 aromatic heterocycles. The molecule has 1 aliphatic rings. The number of amides is 3. The Morgan fingerprint density at radius 2 is 1.81 bits per heavy atom. The van der Waals surface area contributed by atoms with E-state index < -0.39 is 0 Å². The highest BCUT2D eigenvalue weighted by Gasteiger charge is 2.23. The van der Waals surface area contributed by atoms with Crippen LogP contribution in [0.4, 0.5) is 21.4 Å². The summed E-state index contributed by atoms with van der Waals surface area (Å²) in [5.41, 5.74) is 1.59. The van der Waals surface area contributed by atoms with E-state index >= 15 is 0 Å². The second-order valence-corrected chi connectivity index (χ2v) is 7.88. The van der Waals surface area contributed by atoms with Crippen LogP contribution in [0, 0.1) is 0 Å². The van der Waals surface area contributed by atoms with E-state index in [1.165, 1.54) is 23.4 Å². The average Bonchev–Trinajstić information content (AvgIpc) is 3.30. The van der Waals surface area contributed by atoms with Gasteiger partial charge in [-0.3, -0.25) is 4.79 Å². The van der Waals surface area contributed by atoms with Gasteiger partial charge in [0.2, 0.25) is 11.0 Å². The fraction of sp³-hybridized carbons (Fsp3) is 0.286. The molecule has 3 amide bonds. The van der Waals surface area contributed by atoms with Gasteiger partial charge in [0.15, 0.2) is 5.82 Å². The van der Waals surface area contributed by atoms with E-state index in [-0.39, 0.29) is 11.9 Å².